The number of rotatable bonds is 6. The van der Waals surface area contributed by atoms with Crippen molar-refractivity contribution in [3.63, 3.8) is 0 Å². The summed E-state index contributed by atoms with van der Waals surface area (Å²) >= 11 is 0. The van der Waals surface area contributed by atoms with Crippen LogP contribution >= 0.6 is 0 Å². The van der Waals surface area contributed by atoms with Gasteiger partial charge in [-0.25, -0.2) is 4.79 Å². The third-order valence-electron chi connectivity index (χ3n) is 2.61. The Morgan fingerprint density at radius 1 is 1.28 bits per heavy atom. The smallest absolute Gasteiger partial charge is 0.334 e. The van der Waals surface area contributed by atoms with Crippen molar-refractivity contribution in [2.45, 2.75) is 33.1 Å². The van der Waals surface area contributed by atoms with Crippen LogP contribution in [0.1, 0.15) is 38.7 Å². The van der Waals surface area contributed by atoms with Crippen molar-refractivity contribution in [1.29, 1.82) is 0 Å². The number of carbonyl (C=O) groups is 1. The first-order chi connectivity index (χ1) is 8.67. The SMILES string of the molecule is CCCCOC(=O)C(=Cc1ccc(O)cc1)CC. The number of ether oxygens (including phenoxy) is 1. The molecule has 1 N–H and O–H groups in total. The van der Waals surface area contributed by atoms with Crippen LogP contribution in [0.5, 0.6) is 5.75 Å². The molecule has 0 radical (unpaired) electrons. The van der Waals surface area contributed by atoms with Gasteiger partial charge < -0.3 is 9.84 Å². The van der Waals surface area contributed by atoms with Gasteiger partial charge in [-0.3, -0.25) is 0 Å². The van der Waals surface area contributed by atoms with Crippen molar-refractivity contribution < 1.29 is 14.6 Å². The summed E-state index contributed by atoms with van der Waals surface area (Å²) in [5.41, 5.74) is 1.54. The normalized spacial score (nSPS) is 11.3. The van der Waals surface area contributed by atoms with Gasteiger partial charge in [0.2, 0.25) is 0 Å². The second-order valence-corrected chi connectivity index (χ2v) is 4.10. The van der Waals surface area contributed by atoms with Crippen LogP contribution in [0.4, 0.5) is 0 Å². The largest absolute Gasteiger partial charge is 0.508 e. The number of unbranched alkanes of at least 4 members (excludes halogenated alkanes) is 1. The highest BCUT2D eigenvalue weighted by Crippen LogP contribution is 2.15. The monoisotopic (exact) mass is 248 g/mol. The van der Waals surface area contributed by atoms with Crippen molar-refractivity contribution >= 4 is 12.0 Å². The summed E-state index contributed by atoms with van der Waals surface area (Å²) in [4.78, 5) is 11.8. The molecule has 0 aliphatic carbocycles. The van der Waals surface area contributed by atoms with Gasteiger partial charge in [-0.05, 0) is 36.6 Å². The van der Waals surface area contributed by atoms with Gasteiger partial charge in [-0.1, -0.05) is 32.4 Å². The molecule has 0 spiro atoms. The summed E-state index contributed by atoms with van der Waals surface area (Å²) in [6.07, 6.45) is 4.33. The van der Waals surface area contributed by atoms with E-state index in [2.05, 4.69) is 6.92 Å². The molecule has 3 heteroatoms. The highest BCUT2D eigenvalue weighted by molar-refractivity contribution is 5.93. The molecule has 0 aliphatic rings. The zero-order valence-electron chi connectivity index (χ0n) is 11.0. The molecule has 0 atom stereocenters. The third-order valence-corrected chi connectivity index (χ3v) is 2.61. The van der Waals surface area contributed by atoms with Gasteiger partial charge >= 0.3 is 5.97 Å². The lowest BCUT2D eigenvalue weighted by Crippen LogP contribution is -2.08. The van der Waals surface area contributed by atoms with Crippen molar-refractivity contribution in [3.05, 3.63) is 35.4 Å². The standard InChI is InChI=1S/C15H20O3/c1-3-5-10-18-15(17)13(4-2)11-12-6-8-14(16)9-7-12/h6-9,11,16H,3-5,10H2,1-2H3. The number of phenols is 1. The number of carbonyl (C=O) groups excluding carboxylic acids is 1. The number of hydrogen-bond acceptors (Lipinski definition) is 3. The van der Waals surface area contributed by atoms with E-state index in [0.29, 0.717) is 18.6 Å². The van der Waals surface area contributed by atoms with Gasteiger partial charge in [-0.15, -0.1) is 0 Å². The molecular formula is C15H20O3. The molecule has 0 amide bonds. The fourth-order valence-electron chi connectivity index (χ4n) is 1.48. The second kappa shape index (κ2) is 7.54. The minimum absolute atomic E-state index is 0.218. The van der Waals surface area contributed by atoms with Crippen LogP contribution in [0.25, 0.3) is 6.08 Å². The number of hydrogen-bond donors (Lipinski definition) is 1. The van der Waals surface area contributed by atoms with E-state index in [1.807, 2.05) is 6.92 Å². The molecule has 3 nitrogen and oxygen atoms in total. The molecule has 1 rings (SSSR count). The summed E-state index contributed by atoms with van der Waals surface area (Å²) in [5, 5.41) is 9.19. The lowest BCUT2D eigenvalue weighted by atomic mass is 10.1. The molecule has 0 bridgehead atoms. The lowest BCUT2D eigenvalue weighted by molar-refractivity contribution is -0.139. The molecule has 0 aliphatic heterocycles. The molecule has 0 unspecified atom stereocenters. The maximum absolute atomic E-state index is 11.8. The van der Waals surface area contributed by atoms with E-state index in [9.17, 15) is 9.90 Å². The van der Waals surface area contributed by atoms with E-state index < -0.39 is 0 Å². The van der Waals surface area contributed by atoms with Gasteiger partial charge in [0.25, 0.3) is 0 Å². The average molecular weight is 248 g/mol. The van der Waals surface area contributed by atoms with E-state index in [1.54, 1.807) is 30.3 Å². The molecule has 18 heavy (non-hydrogen) atoms. The predicted molar refractivity (Wildman–Crippen MR) is 72.2 cm³/mol. The van der Waals surface area contributed by atoms with Crippen LogP contribution in [0.2, 0.25) is 0 Å². The fourth-order valence-corrected chi connectivity index (χ4v) is 1.48. The zero-order valence-corrected chi connectivity index (χ0v) is 11.0. The number of phenolic OH excluding ortho intramolecular Hbond substituents is 1. The van der Waals surface area contributed by atoms with Crippen molar-refractivity contribution in [1.82, 2.24) is 0 Å². The van der Waals surface area contributed by atoms with Crippen LogP contribution in [-0.2, 0) is 9.53 Å². The molecule has 0 saturated heterocycles. The Labute approximate surface area is 108 Å². The summed E-state index contributed by atoms with van der Waals surface area (Å²) in [7, 11) is 0. The summed E-state index contributed by atoms with van der Waals surface area (Å²) in [6, 6.07) is 6.73. The molecule has 0 aromatic heterocycles. The van der Waals surface area contributed by atoms with Gasteiger partial charge in [0.15, 0.2) is 0 Å². The number of benzene rings is 1. The quantitative estimate of drug-likeness (QED) is 0.476. The summed E-state index contributed by atoms with van der Waals surface area (Å²) in [5.74, 6) is -0.0326. The molecule has 98 valence electrons. The molecular weight excluding hydrogens is 228 g/mol. The van der Waals surface area contributed by atoms with Crippen molar-refractivity contribution in [3.8, 4) is 5.75 Å². The first-order valence-electron chi connectivity index (χ1n) is 6.34. The lowest BCUT2D eigenvalue weighted by Gasteiger charge is -2.06. The maximum Gasteiger partial charge on any atom is 0.334 e. The Morgan fingerprint density at radius 2 is 1.94 bits per heavy atom. The topological polar surface area (TPSA) is 46.5 Å². The van der Waals surface area contributed by atoms with E-state index in [1.165, 1.54) is 0 Å². The number of aromatic hydroxyl groups is 1. The molecule has 0 fully saturated rings. The first-order valence-corrected chi connectivity index (χ1v) is 6.34. The minimum atomic E-state index is -0.251. The van der Waals surface area contributed by atoms with Crippen LogP contribution in [0, 0.1) is 0 Å². The number of esters is 1. The van der Waals surface area contributed by atoms with Gasteiger partial charge in [-0.2, -0.15) is 0 Å². The van der Waals surface area contributed by atoms with Gasteiger partial charge in [0.1, 0.15) is 5.75 Å². The maximum atomic E-state index is 11.8. The minimum Gasteiger partial charge on any atom is -0.508 e. The summed E-state index contributed by atoms with van der Waals surface area (Å²) < 4.78 is 5.17. The Hall–Kier alpha value is -1.77. The van der Waals surface area contributed by atoms with Crippen molar-refractivity contribution in [2.24, 2.45) is 0 Å². The molecule has 1 aromatic carbocycles. The van der Waals surface area contributed by atoms with E-state index in [-0.39, 0.29) is 11.7 Å². The molecule has 0 saturated carbocycles. The highest BCUT2D eigenvalue weighted by Gasteiger charge is 2.08. The fraction of sp³-hybridized carbons (Fsp3) is 0.400. The second-order valence-electron chi connectivity index (χ2n) is 4.10. The van der Waals surface area contributed by atoms with E-state index in [0.717, 1.165) is 18.4 Å². The Morgan fingerprint density at radius 3 is 2.50 bits per heavy atom. The van der Waals surface area contributed by atoms with Gasteiger partial charge in [0.05, 0.1) is 6.61 Å². The zero-order chi connectivity index (χ0) is 13.4. The molecule has 1 aromatic rings. The average Bonchev–Trinajstić information content (AvgIpc) is 2.38. The Balaban J connectivity index is 2.69. The van der Waals surface area contributed by atoms with Crippen LogP contribution in [0.15, 0.2) is 29.8 Å². The van der Waals surface area contributed by atoms with Crippen LogP contribution in [-0.4, -0.2) is 17.7 Å². The van der Waals surface area contributed by atoms with Gasteiger partial charge in [0, 0.05) is 5.57 Å². The first kappa shape index (κ1) is 14.3. The van der Waals surface area contributed by atoms with Crippen LogP contribution in [0.3, 0.4) is 0 Å². The predicted octanol–water partition coefficient (Wildman–Crippen LogP) is 3.53. The third kappa shape index (κ3) is 4.62. The highest BCUT2D eigenvalue weighted by atomic mass is 16.5. The molecule has 0 heterocycles. The Kier molecular flexibility index (Phi) is 5.98. The summed E-state index contributed by atoms with van der Waals surface area (Å²) in [6.45, 7) is 4.45. The Bertz CT molecular complexity index is 404. The van der Waals surface area contributed by atoms with Crippen LogP contribution < -0.4 is 0 Å². The van der Waals surface area contributed by atoms with E-state index in [4.69, 9.17) is 4.74 Å². The van der Waals surface area contributed by atoms with E-state index >= 15 is 0 Å². The van der Waals surface area contributed by atoms with Crippen molar-refractivity contribution in [2.75, 3.05) is 6.61 Å².